The summed E-state index contributed by atoms with van der Waals surface area (Å²) in [5.41, 5.74) is 5.46. The molecule has 1 aliphatic heterocycles. The zero-order valence-electron chi connectivity index (χ0n) is 10.3. The SMILES string of the molecule is COC(CN)C(=O)N1CCN(CCC#N)CC1. The summed E-state index contributed by atoms with van der Waals surface area (Å²) in [6.07, 6.45) is 0.0120. The summed E-state index contributed by atoms with van der Waals surface area (Å²) in [5.74, 6) is -0.0325. The van der Waals surface area contributed by atoms with E-state index in [4.69, 9.17) is 15.7 Å². The lowest BCUT2D eigenvalue weighted by Gasteiger charge is -2.35. The van der Waals surface area contributed by atoms with Crippen LogP contribution in [0.3, 0.4) is 0 Å². The van der Waals surface area contributed by atoms with Crippen LogP contribution in [0.5, 0.6) is 0 Å². The standard InChI is InChI=1S/C11H20N4O2/c1-17-10(9-13)11(16)15-7-5-14(6-8-15)4-2-3-12/h10H,2,4-9,13H2,1H3. The number of carbonyl (C=O) groups is 1. The minimum absolute atomic E-state index is 0.0325. The van der Waals surface area contributed by atoms with Crippen LogP contribution in [0.15, 0.2) is 0 Å². The maximum absolute atomic E-state index is 11.9. The average Bonchev–Trinajstić information content (AvgIpc) is 2.38. The van der Waals surface area contributed by atoms with E-state index >= 15 is 0 Å². The van der Waals surface area contributed by atoms with E-state index in [1.54, 1.807) is 4.90 Å². The van der Waals surface area contributed by atoms with Crippen molar-refractivity contribution in [3.8, 4) is 6.07 Å². The number of nitrogens with two attached hydrogens (primary N) is 1. The largest absolute Gasteiger partial charge is 0.370 e. The van der Waals surface area contributed by atoms with E-state index < -0.39 is 6.10 Å². The topological polar surface area (TPSA) is 82.6 Å². The van der Waals surface area contributed by atoms with Crippen molar-refractivity contribution in [1.82, 2.24) is 9.80 Å². The fourth-order valence-corrected chi connectivity index (χ4v) is 1.90. The van der Waals surface area contributed by atoms with Crippen LogP contribution in [0.25, 0.3) is 0 Å². The van der Waals surface area contributed by atoms with Gasteiger partial charge in [-0.1, -0.05) is 0 Å². The first kappa shape index (κ1) is 13.9. The quantitative estimate of drug-likeness (QED) is 0.667. The third kappa shape index (κ3) is 3.97. The molecule has 1 fully saturated rings. The molecule has 0 radical (unpaired) electrons. The number of amides is 1. The van der Waals surface area contributed by atoms with Gasteiger partial charge in [0.25, 0.3) is 5.91 Å². The van der Waals surface area contributed by atoms with E-state index in [2.05, 4.69) is 11.0 Å². The number of nitrogens with zero attached hydrogens (tertiary/aromatic N) is 3. The van der Waals surface area contributed by atoms with Crippen molar-refractivity contribution in [3.05, 3.63) is 0 Å². The smallest absolute Gasteiger partial charge is 0.253 e. The van der Waals surface area contributed by atoms with Crippen LogP contribution in [0.2, 0.25) is 0 Å². The van der Waals surface area contributed by atoms with Crippen LogP contribution < -0.4 is 5.73 Å². The van der Waals surface area contributed by atoms with Gasteiger partial charge in [-0.3, -0.25) is 9.69 Å². The highest BCUT2D eigenvalue weighted by Crippen LogP contribution is 2.05. The molecule has 6 heteroatoms. The van der Waals surface area contributed by atoms with Crippen LogP contribution >= 0.6 is 0 Å². The predicted molar refractivity (Wildman–Crippen MR) is 63.1 cm³/mol. The third-order valence-electron chi connectivity index (χ3n) is 3.00. The number of piperazine rings is 1. The average molecular weight is 240 g/mol. The highest BCUT2D eigenvalue weighted by Gasteiger charge is 2.26. The zero-order valence-corrected chi connectivity index (χ0v) is 10.3. The monoisotopic (exact) mass is 240 g/mol. The number of carbonyl (C=O) groups excluding carboxylic acids is 1. The fraction of sp³-hybridized carbons (Fsp3) is 0.818. The molecule has 0 bridgehead atoms. The van der Waals surface area contributed by atoms with Gasteiger partial charge in [0.15, 0.2) is 0 Å². The molecule has 0 aliphatic carbocycles. The molecule has 0 saturated carbocycles. The van der Waals surface area contributed by atoms with E-state index in [1.807, 2.05) is 0 Å². The second-order valence-electron chi connectivity index (χ2n) is 4.04. The molecule has 1 atom stereocenters. The third-order valence-corrected chi connectivity index (χ3v) is 3.00. The highest BCUT2D eigenvalue weighted by atomic mass is 16.5. The molecule has 1 aliphatic rings. The number of ether oxygens (including phenoxy) is 1. The minimum Gasteiger partial charge on any atom is -0.370 e. The van der Waals surface area contributed by atoms with Gasteiger partial charge in [0.2, 0.25) is 0 Å². The summed E-state index contributed by atoms with van der Waals surface area (Å²) >= 11 is 0. The van der Waals surface area contributed by atoms with Gasteiger partial charge in [0.05, 0.1) is 6.07 Å². The van der Waals surface area contributed by atoms with E-state index in [0.717, 1.165) is 19.6 Å². The van der Waals surface area contributed by atoms with Gasteiger partial charge < -0.3 is 15.4 Å². The second-order valence-corrected chi connectivity index (χ2v) is 4.04. The molecule has 1 heterocycles. The molecule has 0 spiro atoms. The lowest BCUT2D eigenvalue weighted by Crippen LogP contribution is -2.53. The molecule has 6 nitrogen and oxygen atoms in total. The number of hydrogen-bond donors (Lipinski definition) is 1. The number of methoxy groups -OCH3 is 1. The molecule has 0 aromatic rings. The Balaban J connectivity index is 2.36. The van der Waals surface area contributed by atoms with Gasteiger partial charge in [0.1, 0.15) is 6.10 Å². The summed E-state index contributed by atoms with van der Waals surface area (Å²) in [6, 6.07) is 2.13. The maximum Gasteiger partial charge on any atom is 0.253 e. The predicted octanol–water partition coefficient (Wildman–Crippen LogP) is -0.982. The molecule has 2 N–H and O–H groups in total. The Kier molecular flexibility index (Phi) is 5.91. The molecular weight excluding hydrogens is 220 g/mol. The molecule has 17 heavy (non-hydrogen) atoms. The van der Waals surface area contributed by atoms with Crippen molar-refractivity contribution in [1.29, 1.82) is 5.26 Å². The lowest BCUT2D eigenvalue weighted by molar-refractivity contribution is -0.143. The first-order valence-corrected chi connectivity index (χ1v) is 5.84. The Bertz CT molecular complexity index is 278. The van der Waals surface area contributed by atoms with Gasteiger partial charge in [-0.25, -0.2) is 0 Å². The normalized spacial score (nSPS) is 18.8. The molecule has 96 valence electrons. The summed E-state index contributed by atoms with van der Waals surface area (Å²) in [7, 11) is 1.50. The molecule has 0 aromatic heterocycles. The molecule has 1 saturated heterocycles. The van der Waals surface area contributed by atoms with E-state index in [1.165, 1.54) is 7.11 Å². The van der Waals surface area contributed by atoms with Crippen molar-refractivity contribution >= 4 is 5.91 Å². The summed E-state index contributed by atoms with van der Waals surface area (Å²) in [6.45, 7) is 3.99. The van der Waals surface area contributed by atoms with Crippen molar-refractivity contribution < 1.29 is 9.53 Å². The Hall–Kier alpha value is -1.16. The van der Waals surface area contributed by atoms with Crippen LogP contribution in [-0.4, -0.2) is 68.2 Å². The summed E-state index contributed by atoms with van der Waals surface area (Å²) < 4.78 is 5.03. The molecular formula is C11H20N4O2. The van der Waals surface area contributed by atoms with Crippen molar-refractivity contribution in [2.24, 2.45) is 5.73 Å². The summed E-state index contributed by atoms with van der Waals surface area (Å²) in [4.78, 5) is 15.9. The fourth-order valence-electron chi connectivity index (χ4n) is 1.90. The Morgan fingerprint density at radius 3 is 2.59 bits per heavy atom. The molecule has 0 aromatic carbocycles. The van der Waals surface area contributed by atoms with Gasteiger partial charge in [0, 0.05) is 52.8 Å². The minimum atomic E-state index is -0.527. The Morgan fingerprint density at radius 2 is 2.12 bits per heavy atom. The molecule has 1 unspecified atom stereocenters. The van der Waals surface area contributed by atoms with Crippen LogP contribution in [0, 0.1) is 11.3 Å². The van der Waals surface area contributed by atoms with Crippen LogP contribution in [-0.2, 0) is 9.53 Å². The number of nitriles is 1. The van der Waals surface area contributed by atoms with E-state index in [9.17, 15) is 4.79 Å². The van der Waals surface area contributed by atoms with Crippen molar-refractivity contribution in [3.63, 3.8) is 0 Å². The number of rotatable bonds is 5. The Labute approximate surface area is 102 Å². The lowest BCUT2D eigenvalue weighted by atomic mass is 10.2. The highest BCUT2D eigenvalue weighted by molar-refractivity contribution is 5.81. The first-order valence-electron chi connectivity index (χ1n) is 5.84. The molecule has 1 amide bonds. The first-order chi connectivity index (χ1) is 8.22. The van der Waals surface area contributed by atoms with E-state index in [-0.39, 0.29) is 12.5 Å². The van der Waals surface area contributed by atoms with Gasteiger partial charge >= 0.3 is 0 Å². The summed E-state index contributed by atoms with van der Waals surface area (Å²) in [5, 5.41) is 8.50. The van der Waals surface area contributed by atoms with E-state index in [0.29, 0.717) is 19.5 Å². The second kappa shape index (κ2) is 7.22. The Morgan fingerprint density at radius 1 is 1.47 bits per heavy atom. The zero-order chi connectivity index (χ0) is 12.7. The molecule has 1 rings (SSSR count). The van der Waals surface area contributed by atoms with Gasteiger partial charge in [-0.05, 0) is 0 Å². The van der Waals surface area contributed by atoms with Gasteiger partial charge in [-0.2, -0.15) is 5.26 Å². The number of hydrogen-bond acceptors (Lipinski definition) is 5. The van der Waals surface area contributed by atoms with Crippen LogP contribution in [0.1, 0.15) is 6.42 Å². The van der Waals surface area contributed by atoms with Crippen molar-refractivity contribution in [2.45, 2.75) is 12.5 Å². The van der Waals surface area contributed by atoms with Crippen molar-refractivity contribution in [2.75, 3.05) is 46.4 Å². The van der Waals surface area contributed by atoms with Crippen LogP contribution in [0.4, 0.5) is 0 Å². The maximum atomic E-state index is 11.9. The van der Waals surface area contributed by atoms with Gasteiger partial charge in [-0.15, -0.1) is 0 Å².